The lowest BCUT2D eigenvalue weighted by Crippen LogP contribution is -2.40. The predicted molar refractivity (Wildman–Crippen MR) is 48.4 cm³/mol. The van der Waals surface area contributed by atoms with Gasteiger partial charge in [-0.15, -0.1) is 0 Å². The van der Waals surface area contributed by atoms with E-state index in [4.69, 9.17) is 15.8 Å². The molecule has 0 amide bonds. The number of halogens is 1. The van der Waals surface area contributed by atoms with Crippen LogP contribution in [0, 0.1) is 0 Å². The summed E-state index contributed by atoms with van der Waals surface area (Å²) in [6.45, 7) is -1.52. The first-order chi connectivity index (χ1) is 5.70. The number of nitrogens with zero attached hydrogens (tertiary/aromatic N) is 1. The fraction of sp³-hybridized carbons (Fsp3) is 1.00. The Labute approximate surface area is 77.3 Å². The molecule has 2 aliphatic heterocycles. The van der Waals surface area contributed by atoms with E-state index < -0.39 is 6.87 Å². The minimum Gasteiger partial charge on any atom is -0.306 e. The van der Waals surface area contributed by atoms with Crippen molar-refractivity contribution in [3.05, 3.63) is 0 Å². The Balaban J connectivity index is 2.15. The predicted octanol–water partition coefficient (Wildman–Crippen LogP) is 2.61. The molecule has 3 nitrogen and oxygen atoms in total. The van der Waals surface area contributed by atoms with Crippen LogP contribution in [0.3, 0.4) is 0 Å². The van der Waals surface area contributed by atoms with E-state index >= 15 is 0 Å². The van der Waals surface area contributed by atoms with E-state index in [1.54, 1.807) is 0 Å². The quantitative estimate of drug-likeness (QED) is 0.575. The van der Waals surface area contributed by atoms with Crippen LogP contribution < -0.4 is 0 Å². The molecule has 2 atom stereocenters. The van der Waals surface area contributed by atoms with Crippen LogP contribution in [0.4, 0.5) is 0 Å². The zero-order valence-corrected chi connectivity index (χ0v) is 8.56. The Morgan fingerprint density at radius 2 is 2.25 bits per heavy atom. The van der Waals surface area contributed by atoms with Crippen molar-refractivity contribution >= 4 is 18.1 Å². The largest absolute Gasteiger partial charge is 0.363 e. The molecule has 70 valence electrons. The second-order valence-corrected chi connectivity index (χ2v) is 6.34. The molecule has 2 heterocycles. The van der Waals surface area contributed by atoms with Gasteiger partial charge < -0.3 is 4.52 Å². The Kier molecular flexibility index (Phi) is 2.48. The summed E-state index contributed by atoms with van der Waals surface area (Å²) in [5, 5.41) is 0. The highest BCUT2D eigenvalue weighted by molar-refractivity contribution is 7.83. The van der Waals surface area contributed by atoms with Gasteiger partial charge in [-0.1, -0.05) is 6.42 Å². The van der Waals surface area contributed by atoms with Crippen molar-refractivity contribution in [2.75, 3.05) is 13.2 Å². The van der Waals surface area contributed by atoms with Gasteiger partial charge in [0.15, 0.2) is 0 Å². The molecule has 12 heavy (non-hydrogen) atoms. The molecule has 0 aromatic carbocycles. The average Bonchev–Trinajstić information content (AvgIpc) is 2.04. The number of fused-ring (bicyclic) bond motifs is 1. The first-order valence-electron chi connectivity index (χ1n) is 4.41. The van der Waals surface area contributed by atoms with Crippen molar-refractivity contribution in [1.29, 1.82) is 0 Å². The molecule has 0 saturated carbocycles. The van der Waals surface area contributed by atoms with Gasteiger partial charge in [0.05, 0.1) is 6.61 Å². The maximum absolute atomic E-state index is 11.7. The van der Waals surface area contributed by atoms with Crippen molar-refractivity contribution in [3.8, 4) is 0 Å². The van der Waals surface area contributed by atoms with Gasteiger partial charge in [0.25, 0.3) is 0 Å². The van der Waals surface area contributed by atoms with Gasteiger partial charge in [-0.2, -0.15) is 0 Å². The third-order valence-electron chi connectivity index (χ3n) is 2.60. The Hall–Kier alpha value is 0.440. The van der Waals surface area contributed by atoms with Crippen LogP contribution in [0.15, 0.2) is 0 Å². The monoisotopic (exact) mass is 209 g/mol. The van der Waals surface area contributed by atoms with Gasteiger partial charge in [-0.25, -0.2) is 4.67 Å². The highest BCUT2D eigenvalue weighted by atomic mass is 35.7. The smallest absolute Gasteiger partial charge is 0.306 e. The highest BCUT2D eigenvalue weighted by Crippen LogP contribution is 2.60. The van der Waals surface area contributed by atoms with Gasteiger partial charge in [-0.05, 0) is 30.5 Å². The molecule has 0 aromatic heterocycles. The van der Waals surface area contributed by atoms with Crippen molar-refractivity contribution in [1.82, 2.24) is 4.67 Å². The maximum Gasteiger partial charge on any atom is 0.363 e. The van der Waals surface area contributed by atoms with Crippen LogP contribution >= 0.6 is 18.1 Å². The molecule has 5 heteroatoms. The topological polar surface area (TPSA) is 29.5 Å². The summed E-state index contributed by atoms with van der Waals surface area (Å²) in [6.07, 6.45) is 4.44. The summed E-state index contributed by atoms with van der Waals surface area (Å²) in [5.41, 5.74) is 0. The van der Waals surface area contributed by atoms with Crippen molar-refractivity contribution < 1.29 is 9.09 Å². The van der Waals surface area contributed by atoms with E-state index in [0.717, 1.165) is 25.8 Å². The van der Waals surface area contributed by atoms with Crippen molar-refractivity contribution in [2.45, 2.75) is 31.7 Å². The molecule has 0 unspecified atom stereocenters. The third-order valence-corrected chi connectivity index (χ3v) is 5.12. The van der Waals surface area contributed by atoms with Crippen molar-refractivity contribution in [2.24, 2.45) is 0 Å². The molecule has 2 fully saturated rings. The standard InChI is InChI=1S/C7H13ClNO2P/c8-12(10)9-5-2-1-3-7(9)4-6-11-12/h7H,1-6H2/t7-,12-/m1/s1. The second kappa shape index (κ2) is 3.30. The van der Waals surface area contributed by atoms with Crippen LogP contribution in [0.2, 0.25) is 0 Å². The number of rotatable bonds is 0. The fourth-order valence-corrected chi connectivity index (χ4v) is 4.25. The number of hydrogen-bond donors (Lipinski definition) is 0. The van der Waals surface area contributed by atoms with Crippen LogP contribution in [0.25, 0.3) is 0 Å². The normalized spacial score (nSPS) is 43.9. The summed E-state index contributed by atoms with van der Waals surface area (Å²) in [5.74, 6) is 0. The Bertz CT molecular complexity index is 221. The van der Waals surface area contributed by atoms with Crippen molar-refractivity contribution in [3.63, 3.8) is 0 Å². The summed E-state index contributed by atoms with van der Waals surface area (Å²) in [7, 11) is 0. The highest BCUT2D eigenvalue weighted by Gasteiger charge is 2.40. The van der Waals surface area contributed by atoms with E-state index in [9.17, 15) is 4.57 Å². The van der Waals surface area contributed by atoms with Gasteiger partial charge in [0, 0.05) is 12.6 Å². The summed E-state index contributed by atoms with van der Waals surface area (Å²) in [4.78, 5) is 0. The second-order valence-electron chi connectivity index (χ2n) is 3.39. The van der Waals surface area contributed by atoms with E-state index in [-0.39, 0.29) is 0 Å². The minimum atomic E-state index is -2.91. The summed E-state index contributed by atoms with van der Waals surface area (Å²) < 4.78 is 18.6. The molecule has 0 aromatic rings. The van der Waals surface area contributed by atoms with Gasteiger partial charge >= 0.3 is 6.87 Å². The summed E-state index contributed by atoms with van der Waals surface area (Å²) >= 11 is 5.80. The van der Waals surface area contributed by atoms with Gasteiger partial charge in [0.1, 0.15) is 0 Å². The van der Waals surface area contributed by atoms with Gasteiger partial charge in [-0.3, -0.25) is 4.57 Å². The zero-order valence-electron chi connectivity index (χ0n) is 6.91. The molecule has 2 saturated heterocycles. The first kappa shape index (κ1) is 9.01. The van der Waals surface area contributed by atoms with E-state index in [1.165, 1.54) is 6.42 Å². The minimum absolute atomic E-state index is 0.413. The average molecular weight is 210 g/mol. The number of piperidine rings is 1. The molecule has 0 spiro atoms. The van der Waals surface area contributed by atoms with E-state index in [0.29, 0.717) is 12.6 Å². The lowest BCUT2D eigenvalue weighted by Gasteiger charge is -2.40. The lowest BCUT2D eigenvalue weighted by molar-refractivity contribution is 0.138. The zero-order chi connectivity index (χ0) is 8.60. The molecule has 0 bridgehead atoms. The van der Waals surface area contributed by atoms with Gasteiger partial charge in [0.2, 0.25) is 0 Å². The first-order valence-corrected chi connectivity index (χ1v) is 6.90. The summed E-state index contributed by atoms with van der Waals surface area (Å²) in [6, 6.07) is 0.413. The molecule has 0 radical (unpaired) electrons. The van der Waals surface area contributed by atoms with E-state index in [2.05, 4.69) is 0 Å². The SMILES string of the molecule is O=[P@]1(Cl)OCC[C@H]2CCCCN21. The third kappa shape index (κ3) is 1.56. The van der Waals surface area contributed by atoms with E-state index in [1.807, 2.05) is 4.67 Å². The Morgan fingerprint density at radius 3 is 3.00 bits per heavy atom. The molecule has 0 aliphatic carbocycles. The fourth-order valence-electron chi connectivity index (χ4n) is 1.97. The lowest BCUT2D eigenvalue weighted by atomic mass is 10.0. The molecule has 0 N–H and O–H groups in total. The maximum atomic E-state index is 11.7. The van der Waals surface area contributed by atoms with Crippen LogP contribution in [0.1, 0.15) is 25.7 Å². The Morgan fingerprint density at radius 1 is 1.42 bits per heavy atom. The van der Waals surface area contributed by atoms with Crippen LogP contribution in [-0.4, -0.2) is 23.9 Å². The number of hydrogen-bond acceptors (Lipinski definition) is 2. The van der Waals surface area contributed by atoms with Crippen LogP contribution in [-0.2, 0) is 9.09 Å². The molecule has 2 rings (SSSR count). The molecule has 2 aliphatic rings. The molecular weight excluding hydrogens is 197 g/mol. The molecular formula is C7H13ClNO2P. The van der Waals surface area contributed by atoms with Crippen LogP contribution in [0.5, 0.6) is 0 Å².